The first-order valence-electron chi connectivity index (χ1n) is 3.90. The van der Waals surface area contributed by atoms with Crippen LogP contribution < -0.4 is 0 Å². The first-order chi connectivity index (χ1) is 7.11. The number of aliphatic hydroxyl groups excluding tert-OH is 1. The van der Waals surface area contributed by atoms with E-state index >= 15 is 0 Å². The minimum Gasteiger partial charge on any atom is -0.396 e. The van der Waals surface area contributed by atoms with Gasteiger partial charge < -0.3 is 5.11 Å². The van der Waals surface area contributed by atoms with Crippen LogP contribution in [0, 0.1) is 17.5 Å². The van der Waals surface area contributed by atoms with Gasteiger partial charge in [0.1, 0.15) is 0 Å². The molecule has 1 aromatic rings. The Balaban J connectivity index is 3.25. The van der Waals surface area contributed by atoms with Gasteiger partial charge >= 0.3 is 0 Å². The van der Waals surface area contributed by atoms with Gasteiger partial charge in [-0.1, -0.05) is 11.2 Å². The van der Waals surface area contributed by atoms with Gasteiger partial charge in [0.05, 0.1) is 12.6 Å². The highest BCUT2D eigenvalue weighted by Crippen LogP contribution is 2.23. The SMILES string of the molecule is [N-]=[N+]=NC(CO)c1ccc(F)c(F)c1F. The number of rotatable bonds is 3. The summed E-state index contributed by atoms with van der Waals surface area (Å²) < 4.78 is 38.4. The summed E-state index contributed by atoms with van der Waals surface area (Å²) in [6.45, 7) is -0.688. The summed E-state index contributed by atoms with van der Waals surface area (Å²) in [5.74, 6) is -4.45. The van der Waals surface area contributed by atoms with Crippen molar-refractivity contribution in [3.05, 3.63) is 45.6 Å². The minimum absolute atomic E-state index is 0.380. The fourth-order valence-electron chi connectivity index (χ4n) is 1.06. The first-order valence-corrected chi connectivity index (χ1v) is 3.90. The standard InChI is InChI=1S/C8H6F3N3O/c9-5-2-1-4(7(10)8(5)11)6(3-15)13-14-12/h1-2,6,15H,3H2. The van der Waals surface area contributed by atoms with E-state index in [9.17, 15) is 13.2 Å². The smallest absolute Gasteiger partial charge is 0.194 e. The summed E-state index contributed by atoms with van der Waals surface area (Å²) in [5.41, 5.74) is 7.72. The van der Waals surface area contributed by atoms with Crippen molar-refractivity contribution in [1.29, 1.82) is 0 Å². The molecule has 1 atom stereocenters. The van der Waals surface area contributed by atoms with Gasteiger partial charge in [0, 0.05) is 10.5 Å². The second-order valence-electron chi connectivity index (χ2n) is 2.67. The molecule has 0 saturated heterocycles. The van der Waals surface area contributed by atoms with E-state index < -0.39 is 30.1 Å². The average molecular weight is 217 g/mol. The van der Waals surface area contributed by atoms with E-state index in [1.54, 1.807) is 0 Å². The molecule has 1 aromatic carbocycles. The number of halogens is 3. The molecule has 0 spiro atoms. The maximum Gasteiger partial charge on any atom is 0.194 e. The van der Waals surface area contributed by atoms with Gasteiger partial charge in [-0.15, -0.1) is 0 Å². The highest BCUT2D eigenvalue weighted by atomic mass is 19.2. The predicted octanol–water partition coefficient (Wildman–Crippen LogP) is 2.45. The number of benzene rings is 1. The fraction of sp³-hybridized carbons (Fsp3) is 0.250. The van der Waals surface area contributed by atoms with Gasteiger partial charge in [0.2, 0.25) is 0 Å². The molecule has 4 nitrogen and oxygen atoms in total. The van der Waals surface area contributed by atoms with Crippen molar-refractivity contribution in [2.75, 3.05) is 6.61 Å². The Morgan fingerprint density at radius 2 is 2.00 bits per heavy atom. The molecule has 0 saturated carbocycles. The zero-order valence-corrected chi connectivity index (χ0v) is 7.36. The number of aliphatic hydroxyl groups is 1. The fourth-order valence-corrected chi connectivity index (χ4v) is 1.06. The van der Waals surface area contributed by atoms with Gasteiger partial charge in [0.15, 0.2) is 17.5 Å². The molecular weight excluding hydrogens is 211 g/mol. The molecule has 0 aliphatic heterocycles. The summed E-state index contributed by atoms with van der Waals surface area (Å²) in [5, 5.41) is 11.8. The van der Waals surface area contributed by atoms with Gasteiger partial charge in [-0.25, -0.2) is 13.2 Å². The maximum absolute atomic E-state index is 13.1. The van der Waals surface area contributed by atoms with Crippen LogP contribution in [-0.2, 0) is 0 Å². The lowest BCUT2D eigenvalue weighted by molar-refractivity contribution is 0.263. The molecule has 0 heterocycles. The molecule has 1 unspecified atom stereocenters. The van der Waals surface area contributed by atoms with E-state index in [2.05, 4.69) is 10.0 Å². The molecule has 0 aromatic heterocycles. The van der Waals surface area contributed by atoms with Crippen LogP contribution in [0.25, 0.3) is 10.4 Å². The molecule has 0 bridgehead atoms. The topological polar surface area (TPSA) is 69.0 Å². The number of azide groups is 1. The van der Waals surface area contributed by atoms with Crippen molar-refractivity contribution in [2.24, 2.45) is 5.11 Å². The molecule has 0 radical (unpaired) electrons. The molecule has 0 amide bonds. The van der Waals surface area contributed by atoms with Crippen LogP contribution in [0.3, 0.4) is 0 Å². The number of nitrogens with zero attached hydrogens (tertiary/aromatic N) is 3. The maximum atomic E-state index is 13.1. The molecule has 0 aliphatic rings. The molecule has 1 N–H and O–H groups in total. The summed E-state index contributed by atoms with van der Waals surface area (Å²) in [6, 6.07) is 0.359. The monoisotopic (exact) mass is 217 g/mol. The Bertz CT molecular complexity index is 418. The summed E-state index contributed by atoms with van der Waals surface area (Å²) in [6.07, 6.45) is 0. The Kier molecular flexibility index (Phi) is 3.54. The molecule has 1 rings (SSSR count). The van der Waals surface area contributed by atoms with Crippen LogP contribution in [-0.4, -0.2) is 11.7 Å². The van der Waals surface area contributed by atoms with Crippen molar-refractivity contribution < 1.29 is 18.3 Å². The normalized spacial score (nSPS) is 12.0. The Hall–Kier alpha value is -1.72. The van der Waals surface area contributed by atoms with Crippen molar-refractivity contribution in [1.82, 2.24) is 0 Å². The van der Waals surface area contributed by atoms with Crippen molar-refractivity contribution in [3.63, 3.8) is 0 Å². The molecule has 0 fully saturated rings. The quantitative estimate of drug-likeness (QED) is 0.359. The lowest BCUT2D eigenvalue weighted by Gasteiger charge is -2.09. The lowest BCUT2D eigenvalue weighted by Crippen LogP contribution is -2.06. The third kappa shape index (κ3) is 2.20. The molecule has 80 valence electrons. The summed E-state index contributed by atoms with van der Waals surface area (Å²) in [4.78, 5) is 2.36. The van der Waals surface area contributed by atoms with E-state index in [1.165, 1.54) is 0 Å². The van der Waals surface area contributed by atoms with Crippen LogP contribution >= 0.6 is 0 Å². The van der Waals surface area contributed by atoms with E-state index in [1.807, 2.05) is 0 Å². The van der Waals surface area contributed by atoms with Crippen LogP contribution in [0.1, 0.15) is 11.6 Å². The molecular formula is C8H6F3N3O. The van der Waals surface area contributed by atoms with Crippen LogP contribution in [0.2, 0.25) is 0 Å². The molecule has 7 heteroatoms. The predicted molar refractivity (Wildman–Crippen MR) is 45.3 cm³/mol. The van der Waals surface area contributed by atoms with Gasteiger partial charge in [0.25, 0.3) is 0 Å². The van der Waals surface area contributed by atoms with Crippen LogP contribution in [0.15, 0.2) is 17.2 Å². The Labute approximate surface area is 82.6 Å². The summed E-state index contributed by atoms with van der Waals surface area (Å²) >= 11 is 0. The number of hydrogen-bond donors (Lipinski definition) is 1. The zero-order valence-electron chi connectivity index (χ0n) is 7.36. The van der Waals surface area contributed by atoms with Crippen molar-refractivity contribution in [3.8, 4) is 0 Å². The molecule has 0 aliphatic carbocycles. The van der Waals surface area contributed by atoms with E-state index in [0.29, 0.717) is 6.07 Å². The van der Waals surface area contributed by atoms with E-state index in [4.69, 9.17) is 10.6 Å². The van der Waals surface area contributed by atoms with E-state index in [0.717, 1.165) is 6.07 Å². The summed E-state index contributed by atoms with van der Waals surface area (Å²) in [7, 11) is 0. The van der Waals surface area contributed by atoms with Crippen LogP contribution in [0.4, 0.5) is 13.2 Å². The van der Waals surface area contributed by atoms with Gasteiger partial charge in [-0.3, -0.25) is 0 Å². The lowest BCUT2D eigenvalue weighted by atomic mass is 10.1. The van der Waals surface area contributed by atoms with Gasteiger partial charge in [-0.2, -0.15) is 0 Å². The average Bonchev–Trinajstić information content (AvgIpc) is 2.24. The Morgan fingerprint density at radius 1 is 1.33 bits per heavy atom. The van der Waals surface area contributed by atoms with E-state index in [-0.39, 0.29) is 5.56 Å². The van der Waals surface area contributed by atoms with Crippen LogP contribution in [0.5, 0.6) is 0 Å². The largest absolute Gasteiger partial charge is 0.396 e. The third-order valence-corrected chi connectivity index (χ3v) is 1.79. The zero-order chi connectivity index (χ0) is 11.4. The minimum atomic E-state index is -1.65. The third-order valence-electron chi connectivity index (χ3n) is 1.79. The highest BCUT2D eigenvalue weighted by molar-refractivity contribution is 5.23. The van der Waals surface area contributed by atoms with Crippen molar-refractivity contribution >= 4 is 0 Å². The van der Waals surface area contributed by atoms with Gasteiger partial charge in [-0.05, 0) is 11.6 Å². The Morgan fingerprint density at radius 3 is 2.53 bits per heavy atom. The number of hydrogen-bond acceptors (Lipinski definition) is 2. The second-order valence-corrected chi connectivity index (χ2v) is 2.67. The first kappa shape index (κ1) is 11.4. The molecule has 15 heavy (non-hydrogen) atoms. The van der Waals surface area contributed by atoms with Crippen molar-refractivity contribution in [2.45, 2.75) is 6.04 Å². The second kappa shape index (κ2) is 4.68. The highest BCUT2D eigenvalue weighted by Gasteiger charge is 2.19.